The van der Waals surface area contributed by atoms with Gasteiger partial charge in [0.25, 0.3) is 0 Å². The minimum absolute atomic E-state index is 0.000504. The first-order valence-corrected chi connectivity index (χ1v) is 64.7. The number of ether oxygens (including phenoxy) is 2. The third-order valence-electron chi connectivity index (χ3n) is 31.3. The fourth-order valence-electron chi connectivity index (χ4n) is 21.5. The molecule has 0 heterocycles. The first-order valence-electron chi connectivity index (χ1n) is 43.7. The van der Waals surface area contributed by atoms with Crippen LogP contribution in [0.2, 0.25) is 145 Å². The summed E-state index contributed by atoms with van der Waals surface area (Å²) in [5.41, 5.74) is 7.14. The highest BCUT2D eigenvalue weighted by Crippen LogP contribution is 2.45. The molecular weight excluding hydrogens is 1450 g/mol. The van der Waals surface area contributed by atoms with Gasteiger partial charge in [-0.05, 0) is 77.5 Å². The molecule has 0 atom stereocenters. The van der Waals surface area contributed by atoms with Crippen LogP contribution in [0, 0.1) is 0 Å². The lowest BCUT2D eigenvalue weighted by molar-refractivity contribution is 0.0590. The van der Waals surface area contributed by atoms with E-state index in [4.69, 9.17) is 9.47 Å². The number of esters is 2. The first kappa shape index (κ1) is 90.6. The van der Waals surface area contributed by atoms with Crippen LogP contribution in [0.4, 0.5) is 0 Å². The third kappa shape index (κ3) is 15.7. The number of aliphatic hydroxyl groups is 2. The number of carbonyl (C=O) groups excluding carboxylic acids is 2. The summed E-state index contributed by atoms with van der Waals surface area (Å²) in [5.74, 6) is -0.701. The summed E-state index contributed by atoms with van der Waals surface area (Å²) >= 11 is 0. The Balaban J connectivity index is 0.000000302. The lowest BCUT2D eigenvalue weighted by atomic mass is 9.86. The number of aliphatic hydroxyl groups excluding tert-OH is 2. The Morgan fingerprint density at radius 2 is 0.417 bits per heavy atom. The summed E-state index contributed by atoms with van der Waals surface area (Å²) in [4.78, 5) is 28.8. The van der Waals surface area contributed by atoms with Crippen LogP contribution < -0.4 is 41.5 Å². The van der Waals surface area contributed by atoms with E-state index in [1.54, 1.807) is 20.7 Å². The van der Waals surface area contributed by atoms with E-state index >= 15 is 0 Å². The third-order valence-corrected chi connectivity index (χ3v) is 76.2. The van der Waals surface area contributed by atoms with Crippen LogP contribution in [0.3, 0.4) is 0 Å². The zero-order valence-corrected chi connectivity index (χ0v) is 81.1. The van der Waals surface area contributed by atoms with Gasteiger partial charge in [-0.25, -0.2) is 9.59 Å². The number of fused-ring (bicyclic) bond motifs is 4. The summed E-state index contributed by atoms with van der Waals surface area (Å²) in [6, 6.07) is 67.6. The molecule has 108 heavy (non-hydrogen) atoms. The van der Waals surface area contributed by atoms with Crippen molar-refractivity contribution >= 4 is 161 Å². The highest BCUT2D eigenvalue weighted by molar-refractivity contribution is 6.97. The molecule has 0 fully saturated rings. The predicted molar refractivity (Wildman–Crippen MR) is 503 cm³/mol. The van der Waals surface area contributed by atoms with E-state index in [0.717, 1.165) is 80.4 Å². The van der Waals surface area contributed by atoms with E-state index in [-0.39, 0.29) is 25.2 Å². The molecule has 8 aromatic rings. The van der Waals surface area contributed by atoms with Gasteiger partial charge in [-0.15, -0.1) is 0 Å². The van der Waals surface area contributed by atoms with Crippen molar-refractivity contribution in [2.45, 2.75) is 324 Å². The van der Waals surface area contributed by atoms with Gasteiger partial charge < -0.3 is 19.7 Å². The van der Waals surface area contributed by atoms with Crippen LogP contribution in [0.15, 0.2) is 97.1 Å². The minimum atomic E-state index is -2.04. The van der Waals surface area contributed by atoms with Crippen LogP contribution in [-0.4, -0.2) is 101 Å². The molecule has 0 aromatic heterocycles. The van der Waals surface area contributed by atoms with Crippen LogP contribution in [0.5, 0.6) is 0 Å². The van der Waals surface area contributed by atoms with Crippen molar-refractivity contribution in [2.24, 2.45) is 0 Å². The van der Waals surface area contributed by atoms with Crippen LogP contribution in [-0.2, 0) is 22.7 Å². The van der Waals surface area contributed by atoms with Crippen LogP contribution in [0.25, 0.3) is 65.3 Å². The van der Waals surface area contributed by atoms with Gasteiger partial charge in [0.2, 0.25) is 0 Å². The monoisotopic (exact) mass is 1600 g/mol. The molecule has 14 heteroatoms. The van der Waals surface area contributed by atoms with E-state index in [9.17, 15) is 19.8 Å². The van der Waals surface area contributed by atoms with Gasteiger partial charge in [-0.1, -0.05) is 438 Å². The van der Waals surface area contributed by atoms with Crippen LogP contribution in [0.1, 0.15) is 198 Å². The number of rotatable bonds is 38. The minimum Gasteiger partial charge on any atom is -0.465 e. The highest BCUT2D eigenvalue weighted by Gasteiger charge is 2.42. The summed E-state index contributed by atoms with van der Waals surface area (Å²) in [5, 5.41) is 44.9. The number of hydrogen-bond donors (Lipinski definition) is 2. The second-order valence-electron chi connectivity index (χ2n) is 32.7. The number of carbonyl (C=O) groups is 2. The average Bonchev–Trinajstić information content (AvgIpc) is 0.718. The molecule has 2 N–H and O–H groups in total. The largest absolute Gasteiger partial charge is 0.465 e. The Bertz CT molecular complexity index is 4040. The van der Waals surface area contributed by atoms with Crippen molar-refractivity contribution in [3.05, 3.63) is 119 Å². The second-order valence-corrected chi connectivity index (χ2v) is 74.6. The molecule has 6 nitrogen and oxygen atoms in total. The van der Waals surface area contributed by atoms with Gasteiger partial charge in [0, 0.05) is 11.1 Å². The Morgan fingerprint density at radius 1 is 0.241 bits per heavy atom. The van der Waals surface area contributed by atoms with Crippen molar-refractivity contribution in [3.63, 3.8) is 0 Å². The zero-order valence-electron chi connectivity index (χ0n) is 73.1. The Hall–Kier alpha value is -4.60. The van der Waals surface area contributed by atoms with Gasteiger partial charge in [0.1, 0.15) is 0 Å². The topological polar surface area (TPSA) is 93.1 Å². The number of methoxy groups -OCH3 is 2. The molecule has 0 aliphatic rings. The molecule has 0 radical (unpaired) electrons. The maximum atomic E-state index is 14.4. The molecule has 8 aromatic carbocycles. The lowest BCUT2D eigenvalue weighted by Gasteiger charge is -2.35. The Labute approximate surface area is 665 Å². The molecule has 8 rings (SSSR count). The standard InChI is InChI=1S/C48H74O4Si4.C46H74O2Si4/c1-15-53(16-2,17-3)35-27-29-37-39(31-35)43(55(21-7,22-8)23-9)33-41(47(49)51-13)45(37)46-38-30-28-36(54(18-4,19-5)20-6)32-40(38)44(34-42(46)48(50)52-14)56(24-10,25-11)26-12;1-13-49(14-2,15-3)37-25-27-39-41(31-37)43(51(19-7,20-8)21-9)29-35(33-47)45(39)46-36(34-48)30-44(52(22-10,23-11)24-12)42-32-38(26-28-40(42)46)50(16-4,17-5)18-6/h27-34H,15-26H2,1-14H3;25-32,47-48H,13-24,33-34H2,1-12H3. The van der Waals surface area contributed by atoms with Gasteiger partial charge in [0.05, 0.1) is 103 Å². The zero-order chi connectivity index (χ0) is 80.1. The SMILES string of the molecule is CC[Si](CC)(CC)c1ccc2c(-c3c(C(=O)OC)cc([Si](CC)(CC)CC)c4cc([Si](CC)(CC)CC)ccc34)c(C(=O)OC)cc([Si](CC)(CC)CC)c2c1.CC[Si](CC)(CC)c1ccc2c(-c3c(CO)cc([Si](CC)(CC)CC)c4cc([Si](CC)(CC)CC)ccc34)c(CO)cc([Si](CC)(CC)CC)c2c1. The maximum Gasteiger partial charge on any atom is 0.338 e. The van der Waals surface area contributed by atoms with Crippen molar-refractivity contribution in [1.29, 1.82) is 0 Å². The molecule has 592 valence electrons. The van der Waals surface area contributed by atoms with E-state index in [0.29, 0.717) is 11.1 Å². The van der Waals surface area contributed by atoms with Crippen molar-refractivity contribution in [2.75, 3.05) is 14.2 Å². The number of hydrogen-bond acceptors (Lipinski definition) is 6. The maximum absolute atomic E-state index is 14.4. The molecule has 0 amide bonds. The summed E-state index contributed by atoms with van der Waals surface area (Å²) < 4.78 is 11.4. The molecule has 0 unspecified atom stereocenters. The summed E-state index contributed by atoms with van der Waals surface area (Å²) in [6.45, 7) is 57.3. The molecule has 0 aliphatic heterocycles. The smallest absolute Gasteiger partial charge is 0.338 e. The fourth-order valence-corrected chi connectivity index (χ4v) is 51.5. The molecule has 0 aliphatic carbocycles. The van der Waals surface area contributed by atoms with E-state index in [2.05, 4.69) is 263 Å². The van der Waals surface area contributed by atoms with Gasteiger partial charge in [0.15, 0.2) is 0 Å². The Kier molecular flexibility index (Phi) is 32.3. The fraction of sp³-hybridized carbons (Fsp3) is 0.553. The molecule has 0 saturated carbocycles. The molecular formula is C94H148O6Si8. The lowest BCUT2D eigenvalue weighted by Crippen LogP contribution is -2.49. The molecule has 0 spiro atoms. The number of benzene rings is 8. The van der Waals surface area contributed by atoms with E-state index < -0.39 is 64.6 Å². The van der Waals surface area contributed by atoms with Crippen LogP contribution >= 0.6 is 0 Å². The van der Waals surface area contributed by atoms with Gasteiger partial charge in [-0.3, -0.25) is 0 Å². The highest BCUT2D eigenvalue weighted by atomic mass is 28.3. The quantitative estimate of drug-likeness (QED) is 0.0296. The van der Waals surface area contributed by atoms with E-state index in [1.807, 2.05) is 0 Å². The second kappa shape index (κ2) is 38.5. The average molecular weight is 1600 g/mol. The van der Waals surface area contributed by atoms with Gasteiger partial charge >= 0.3 is 11.9 Å². The molecule has 0 bridgehead atoms. The van der Waals surface area contributed by atoms with Crippen molar-refractivity contribution in [1.82, 2.24) is 0 Å². The van der Waals surface area contributed by atoms with Gasteiger partial charge in [-0.2, -0.15) is 0 Å². The van der Waals surface area contributed by atoms with Crippen molar-refractivity contribution < 1.29 is 29.3 Å². The summed E-state index contributed by atoms with van der Waals surface area (Å²) in [6.07, 6.45) is 0. The molecule has 0 saturated heterocycles. The predicted octanol–water partition coefficient (Wildman–Crippen LogP) is 23.6. The van der Waals surface area contributed by atoms with Crippen molar-refractivity contribution in [3.8, 4) is 22.3 Å². The summed E-state index contributed by atoms with van der Waals surface area (Å²) in [7, 11) is -11.6. The first-order chi connectivity index (χ1) is 51.8. The normalized spacial score (nSPS) is 12.9. The Morgan fingerprint density at radius 3 is 0.583 bits per heavy atom. The van der Waals surface area contributed by atoms with E-state index in [1.165, 1.54) is 176 Å².